The van der Waals surface area contributed by atoms with Crippen LogP contribution in [0.1, 0.15) is 40.5 Å². The highest BCUT2D eigenvalue weighted by atomic mass is 16.2. The van der Waals surface area contributed by atoms with Crippen LogP contribution in [-0.4, -0.2) is 11.8 Å². The van der Waals surface area contributed by atoms with E-state index in [9.17, 15) is 9.59 Å². The maximum Gasteiger partial charge on any atom is 0.241 e. The van der Waals surface area contributed by atoms with Gasteiger partial charge in [-0.05, 0) is 12.8 Å². The summed E-state index contributed by atoms with van der Waals surface area (Å²) in [6.45, 7) is 7.51. The molecule has 0 aromatic carbocycles. The molecule has 0 saturated heterocycles. The Bertz CT molecular complexity index is 182. The molecule has 0 rings (SSSR count). The predicted molar refractivity (Wildman–Crippen MR) is 55.2 cm³/mol. The summed E-state index contributed by atoms with van der Waals surface area (Å²) < 4.78 is 0. The standard InChI is InChI=1S/C10H20N2O2/c1-5-7(3)9(13)11-12-10(14)8(4)6-2/h7-8H,5-6H2,1-4H3,(H,11,13)(H,12,14). The van der Waals surface area contributed by atoms with Gasteiger partial charge in [-0.1, -0.05) is 27.7 Å². The molecule has 0 radical (unpaired) electrons. The van der Waals surface area contributed by atoms with Gasteiger partial charge in [0.1, 0.15) is 0 Å². The fraction of sp³-hybridized carbons (Fsp3) is 0.800. The molecular formula is C10H20N2O2. The van der Waals surface area contributed by atoms with E-state index in [-0.39, 0.29) is 23.7 Å². The van der Waals surface area contributed by atoms with Crippen LogP contribution in [0.4, 0.5) is 0 Å². The summed E-state index contributed by atoms with van der Waals surface area (Å²) in [6, 6.07) is 0. The van der Waals surface area contributed by atoms with Gasteiger partial charge in [0.05, 0.1) is 0 Å². The second-order valence-corrected chi connectivity index (χ2v) is 3.60. The summed E-state index contributed by atoms with van der Waals surface area (Å²) in [5, 5.41) is 0. The normalized spacial score (nSPS) is 14.3. The van der Waals surface area contributed by atoms with E-state index < -0.39 is 0 Å². The Labute approximate surface area is 85.4 Å². The Balaban J connectivity index is 3.83. The zero-order valence-corrected chi connectivity index (χ0v) is 9.39. The first kappa shape index (κ1) is 12.9. The third-order valence-electron chi connectivity index (χ3n) is 2.43. The summed E-state index contributed by atoms with van der Waals surface area (Å²) in [5.41, 5.74) is 4.82. The molecule has 0 spiro atoms. The zero-order valence-electron chi connectivity index (χ0n) is 9.39. The van der Waals surface area contributed by atoms with Crippen LogP contribution >= 0.6 is 0 Å². The number of amides is 2. The van der Waals surface area contributed by atoms with Crippen molar-refractivity contribution in [2.45, 2.75) is 40.5 Å². The van der Waals surface area contributed by atoms with Gasteiger partial charge in [-0.25, -0.2) is 0 Å². The van der Waals surface area contributed by atoms with Crippen molar-refractivity contribution in [1.29, 1.82) is 0 Å². The molecule has 0 aromatic heterocycles. The summed E-state index contributed by atoms with van der Waals surface area (Å²) in [7, 11) is 0. The fourth-order valence-electron chi connectivity index (χ4n) is 0.740. The van der Waals surface area contributed by atoms with Crippen LogP contribution in [0.5, 0.6) is 0 Å². The van der Waals surface area contributed by atoms with Crippen LogP contribution < -0.4 is 10.9 Å². The zero-order chi connectivity index (χ0) is 11.1. The first-order valence-corrected chi connectivity index (χ1v) is 5.12. The number of carbonyl (C=O) groups is 2. The lowest BCUT2D eigenvalue weighted by atomic mass is 10.1. The van der Waals surface area contributed by atoms with E-state index in [2.05, 4.69) is 10.9 Å². The van der Waals surface area contributed by atoms with Gasteiger partial charge in [0.15, 0.2) is 0 Å². The van der Waals surface area contributed by atoms with Gasteiger partial charge >= 0.3 is 0 Å². The van der Waals surface area contributed by atoms with Crippen LogP contribution in [0.15, 0.2) is 0 Å². The molecule has 14 heavy (non-hydrogen) atoms. The highest BCUT2D eigenvalue weighted by molar-refractivity contribution is 5.83. The van der Waals surface area contributed by atoms with Gasteiger partial charge in [0, 0.05) is 11.8 Å². The molecule has 2 atom stereocenters. The topological polar surface area (TPSA) is 58.2 Å². The van der Waals surface area contributed by atoms with Gasteiger partial charge in [-0.2, -0.15) is 0 Å². The molecule has 2 unspecified atom stereocenters. The lowest BCUT2D eigenvalue weighted by molar-refractivity contribution is -0.132. The van der Waals surface area contributed by atoms with Crippen molar-refractivity contribution in [3.05, 3.63) is 0 Å². The molecule has 0 fully saturated rings. The minimum absolute atomic E-state index is 0.0627. The molecule has 0 saturated carbocycles. The minimum Gasteiger partial charge on any atom is -0.273 e. The Hall–Kier alpha value is -1.06. The molecule has 2 amide bonds. The smallest absolute Gasteiger partial charge is 0.241 e. The van der Waals surface area contributed by atoms with Gasteiger partial charge in [-0.3, -0.25) is 20.4 Å². The molecule has 4 nitrogen and oxygen atoms in total. The van der Waals surface area contributed by atoms with E-state index in [1.54, 1.807) is 0 Å². The van der Waals surface area contributed by atoms with E-state index in [0.717, 1.165) is 12.8 Å². The maximum absolute atomic E-state index is 11.3. The Morgan fingerprint density at radius 1 is 0.929 bits per heavy atom. The van der Waals surface area contributed by atoms with Crippen LogP contribution in [-0.2, 0) is 9.59 Å². The van der Waals surface area contributed by atoms with Crippen molar-refractivity contribution in [2.75, 3.05) is 0 Å². The molecule has 0 aliphatic carbocycles. The SMILES string of the molecule is CCC(C)C(=O)NNC(=O)C(C)CC. The molecule has 0 bridgehead atoms. The van der Waals surface area contributed by atoms with E-state index in [4.69, 9.17) is 0 Å². The predicted octanol–water partition coefficient (Wildman–Crippen LogP) is 1.23. The fourth-order valence-corrected chi connectivity index (χ4v) is 0.740. The highest BCUT2D eigenvalue weighted by Gasteiger charge is 2.13. The Morgan fingerprint density at radius 2 is 1.21 bits per heavy atom. The summed E-state index contributed by atoms with van der Waals surface area (Å²) in [4.78, 5) is 22.5. The molecule has 82 valence electrons. The third kappa shape index (κ3) is 4.25. The monoisotopic (exact) mass is 200 g/mol. The number of hydrogen-bond donors (Lipinski definition) is 2. The van der Waals surface area contributed by atoms with Gasteiger partial charge < -0.3 is 0 Å². The van der Waals surface area contributed by atoms with Crippen LogP contribution in [0.2, 0.25) is 0 Å². The van der Waals surface area contributed by atoms with Gasteiger partial charge in [-0.15, -0.1) is 0 Å². The Kier molecular flexibility index (Phi) is 5.92. The number of carbonyl (C=O) groups excluding carboxylic acids is 2. The Morgan fingerprint density at radius 3 is 1.43 bits per heavy atom. The number of hydrogen-bond acceptors (Lipinski definition) is 2. The van der Waals surface area contributed by atoms with Crippen LogP contribution in [0.25, 0.3) is 0 Å². The average Bonchev–Trinajstić information content (AvgIpc) is 2.22. The molecular weight excluding hydrogens is 180 g/mol. The van der Waals surface area contributed by atoms with Crippen molar-refractivity contribution in [2.24, 2.45) is 11.8 Å². The van der Waals surface area contributed by atoms with Crippen LogP contribution in [0.3, 0.4) is 0 Å². The number of nitrogens with one attached hydrogen (secondary N) is 2. The molecule has 0 aromatic rings. The summed E-state index contributed by atoms with van der Waals surface area (Å²) >= 11 is 0. The van der Waals surface area contributed by atoms with Crippen molar-refractivity contribution in [3.8, 4) is 0 Å². The summed E-state index contributed by atoms with van der Waals surface area (Å²) in [5.74, 6) is -0.396. The van der Waals surface area contributed by atoms with Gasteiger partial charge in [0.25, 0.3) is 0 Å². The largest absolute Gasteiger partial charge is 0.273 e. The minimum atomic E-state index is -0.135. The quantitative estimate of drug-likeness (QED) is 0.670. The third-order valence-corrected chi connectivity index (χ3v) is 2.43. The van der Waals surface area contributed by atoms with Crippen molar-refractivity contribution >= 4 is 11.8 Å². The second kappa shape index (κ2) is 6.40. The average molecular weight is 200 g/mol. The first-order valence-electron chi connectivity index (χ1n) is 5.12. The summed E-state index contributed by atoms with van der Waals surface area (Å²) in [6.07, 6.45) is 1.54. The van der Waals surface area contributed by atoms with E-state index in [0.29, 0.717) is 0 Å². The van der Waals surface area contributed by atoms with Crippen molar-refractivity contribution in [1.82, 2.24) is 10.9 Å². The molecule has 4 heteroatoms. The molecule has 0 aliphatic heterocycles. The maximum atomic E-state index is 11.3. The lowest BCUT2D eigenvalue weighted by Crippen LogP contribution is -2.45. The van der Waals surface area contributed by atoms with E-state index in [1.165, 1.54) is 0 Å². The molecule has 0 heterocycles. The highest BCUT2D eigenvalue weighted by Crippen LogP contribution is 2.00. The van der Waals surface area contributed by atoms with Crippen molar-refractivity contribution in [3.63, 3.8) is 0 Å². The second-order valence-electron chi connectivity index (χ2n) is 3.60. The molecule has 0 aliphatic rings. The number of hydrazine groups is 1. The van der Waals surface area contributed by atoms with Crippen molar-refractivity contribution < 1.29 is 9.59 Å². The first-order chi connectivity index (χ1) is 6.52. The van der Waals surface area contributed by atoms with Crippen LogP contribution in [0, 0.1) is 11.8 Å². The number of rotatable bonds is 4. The van der Waals surface area contributed by atoms with E-state index >= 15 is 0 Å². The lowest BCUT2D eigenvalue weighted by Gasteiger charge is -2.13. The van der Waals surface area contributed by atoms with Gasteiger partial charge in [0.2, 0.25) is 11.8 Å². The van der Waals surface area contributed by atoms with E-state index in [1.807, 2.05) is 27.7 Å². The molecule has 2 N–H and O–H groups in total.